The number of hydrogen-bond acceptors (Lipinski definition) is 1. The summed E-state index contributed by atoms with van der Waals surface area (Å²) in [6.07, 6.45) is 0. The molecule has 2 aliphatic rings. The molecular weight excluding hydrogens is 222 g/mol. The molecule has 18 heavy (non-hydrogen) atoms. The summed E-state index contributed by atoms with van der Waals surface area (Å²) in [5, 5.41) is 0. The molecule has 1 aliphatic heterocycles. The predicted molar refractivity (Wildman–Crippen MR) is 76.0 cm³/mol. The van der Waals surface area contributed by atoms with Gasteiger partial charge in [-0.25, -0.2) is 0 Å². The van der Waals surface area contributed by atoms with Crippen LogP contribution in [0.1, 0.15) is 33.7 Å². The number of hydrogen-bond donors (Lipinski definition) is 0. The highest BCUT2D eigenvalue weighted by Crippen LogP contribution is 2.30. The molecule has 0 spiro atoms. The molecule has 0 bridgehead atoms. The van der Waals surface area contributed by atoms with Crippen LogP contribution in [0.3, 0.4) is 0 Å². The van der Waals surface area contributed by atoms with Gasteiger partial charge in [-0.2, -0.15) is 0 Å². The molecule has 2 heteroatoms. The van der Waals surface area contributed by atoms with E-state index in [1.165, 1.54) is 0 Å². The van der Waals surface area contributed by atoms with Gasteiger partial charge in [0, 0.05) is 17.7 Å². The van der Waals surface area contributed by atoms with E-state index in [0.717, 1.165) is 11.3 Å². The first-order valence-corrected chi connectivity index (χ1v) is 6.62. The van der Waals surface area contributed by atoms with Crippen LogP contribution in [0.25, 0.3) is 11.3 Å². The third-order valence-electron chi connectivity index (χ3n) is 3.49. The van der Waals surface area contributed by atoms with Gasteiger partial charge < -0.3 is 4.57 Å². The van der Waals surface area contributed by atoms with E-state index < -0.39 is 0 Å². The molecule has 0 aromatic carbocycles. The Morgan fingerprint density at radius 3 is 2.17 bits per heavy atom. The zero-order chi connectivity index (χ0) is 13.3. The fourth-order valence-corrected chi connectivity index (χ4v) is 2.89. The summed E-state index contributed by atoms with van der Waals surface area (Å²) in [6.45, 7) is 8.72. The molecule has 0 saturated carbocycles. The van der Waals surface area contributed by atoms with E-state index in [-0.39, 0.29) is 11.6 Å². The van der Waals surface area contributed by atoms with Gasteiger partial charge in [-0.1, -0.05) is 52.0 Å². The van der Waals surface area contributed by atoms with Crippen LogP contribution < -0.4 is 5.56 Å². The lowest BCUT2D eigenvalue weighted by atomic mass is 9.92. The summed E-state index contributed by atoms with van der Waals surface area (Å²) in [4.78, 5) is 12.3. The first-order chi connectivity index (χ1) is 8.52. The van der Waals surface area contributed by atoms with E-state index in [1.807, 2.05) is 34.9 Å². The van der Waals surface area contributed by atoms with Crippen molar-refractivity contribution in [1.82, 2.24) is 4.57 Å². The van der Waals surface area contributed by atoms with Crippen molar-refractivity contribution in [2.75, 3.05) is 0 Å². The summed E-state index contributed by atoms with van der Waals surface area (Å²) in [5.41, 5.74) is 2.18. The van der Waals surface area contributed by atoms with Crippen molar-refractivity contribution in [3.63, 3.8) is 0 Å². The maximum absolute atomic E-state index is 12.3. The van der Waals surface area contributed by atoms with Gasteiger partial charge in [-0.15, -0.1) is 0 Å². The summed E-state index contributed by atoms with van der Waals surface area (Å²) in [6, 6.07) is 12.0. The molecule has 0 N–H and O–H groups in total. The summed E-state index contributed by atoms with van der Waals surface area (Å²) >= 11 is 0. The molecule has 0 aromatic heterocycles. The zero-order valence-corrected chi connectivity index (χ0v) is 11.6. The standard InChI is InChI=1S/C16H21NO/c1-11(2)16(12(3)4)17-14-9-7-5-6-8-13(14)10-15(17)18/h5-12,16H,1-4H3. The Morgan fingerprint density at radius 2 is 1.56 bits per heavy atom. The number of rotatable bonds is 3. The second-order valence-corrected chi connectivity index (χ2v) is 5.58. The van der Waals surface area contributed by atoms with E-state index in [9.17, 15) is 4.79 Å². The number of nitrogens with zero attached hydrogens (tertiary/aromatic N) is 1. The largest absolute Gasteiger partial charge is 0.305 e. The van der Waals surface area contributed by atoms with Crippen LogP contribution in [-0.4, -0.2) is 4.57 Å². The molecule has 0 aromatic rings. The summed E-state index contributed by atoms with van der Waals surface area (Å²) < 4.78 is 1.96. The van der Waals surface area contributed by atoms with Crippen molar-refractivity contribution in [2.24, 2.45) is 11.8 Å². The van der Waals surface area contributed by atoms with Crippen LogP contribution in [0, 0.1) is 11.8 Å². The Bertz CT molecular complexity index is 545. The predicted octanol–water partition coefficient (Wildman–Crippen LogP) is 3.81. The monoisotopic (exact) mass is 243 g/mol. The molecule has 1 aliphatic carbocycles. The molecule has 0 atom stereocenters. The van der Waals surface area contributed by atoms with Crippen LogP contribution in [0.5, 0.6) is 0 Å². The molecule has 0 unspecified atom stereocenters. The Balaban J connectivity index is 2.66. The maximum Gasteiger partial charge on any atom is 0.251 e. The highest BCUT2D eigenvalue weighted by Gasteiger charge is 2.24. The fraction of sp³-hybridized carbons (Fsp3) is 0.438. The molecule has 2 rings (SSSR count). The Hall–Kier alpha value is -1.57. The molecule has 0 saturated heterocycles. The van der Waals surface area contributed by atoms with Crippen molar-refractivity contribution < 1.29 is 0 Å². The van der Waals surface area contributed by atoms with Crippen LogP contribution >= 0.6 is 0 Å². The van der Waals surface area contributed by atoms with Gasteiger partial charge in [-0.3, -0.25) is 4.79 Å². The minimum Gasteiger partial charge on any atom is -0.305 e. The average Bonchev–Trinajstić information content (AvgIpc) is 2.48. The number of aromatic nitrogens is 1. The topological polar surface area (TPSA) is 22.0 Å². The first kappa shape index (κ1) is 12.9. The minimum atomic E-state index is 0.114. The third-order valence-corrected chi connectivity index (χ3v) is 3.49. The van der Waals surface area contributed by atoms with Gasteiger partial charge in [0.25, 0.3) is 5.56 Å². The van der Waals surface area contributed by atoms with Gasteiger partial charge in [0.15, 0.2) is 0 Å². The van der Waals surface area contributed by atoms with Gasteiger partial charge in [-0.05, 0) is 17.9 Å². The second-order valence-electron chi connectivity index (χ2n) is 5.58. The first-order valence-electron chi connectivity index (χ1n) is 6.62. The lowest BCUT2D eigenvalue weighted by Crippen LogP contribution is -2.28. The molecule has 0 fully saturated rings. The van der Waals surface area contributed by atoms with E-state index in [2.05, 4.69) is 27.7 Å². The Morgan fingerprint density at radius 1 is 0.944 bits per heavy atom. The van der Waals surface area contributed by atoms with Crippen molar-refractivity contribution in [3.8, 4) is 11.3 Å². The smallest absolute Gasteiger partial charge is 0.251 e. The lowest BCUT2D eigenvalue weighted by molar-refractivity contribution is 0.285. The quantitative estimate of drug-likeness (QED) is 0.803. The molecule has 1 heterocycles. The van der Waals surface area contributed by atoms with Crippen LogP contribution in [-0.2, 0) is 0 Å². The third kappa shape index (κ3) is 2.20. The number of fused-ring (bicyclic) bond motifs is 1. The van der Waals surface area contributed by atoms with Crippen molar-refractivity contribution in [1.29, 1.82) is 0 Å². The van der Waals surface area contributed by atoms with E-state index in [1.54, 1.807) is 6.07 Å². The molecular formula is C16H21NO. The van der Waals surface area contributed by atoms with Crippen molar-refractivity contribution in [3.05, 3.63) is 46.8 Å². The SMILES string of the molecule is CC(C)C(C(C)C)n1c2cccccc-2cc1=O. The average molecular weight is 243 g/mol. The van der Waals surface area contributed by atoms with Crippen LogP contribution in [0.4, 0.5) is 0 Å². The molecule has 96 valence electrons. The van der Waals surface area contributed by atoms with Crippen LogP contribution in [0.2, 0.25) is 0 Å². The van der Waals surface area contributed by atoms with Gasteiger partial charge in [0.2, 0.25) is 0 Å². The fourth-order valence-electron chi connectivity index (χ4n) is 2.89. The van der Waals surface area contributed by atoms with Gasteiger partial charge in [0.05, 0.1) is 5.69 Å². The highest BCUT2D eigenvalue weighted by atomic mass is 16.1. The summed E-state index contributed by atoms with van der Waals surface area (Å²) in [5.74, 6) is 0.887. The highest BCUT2D eigenvalue weighted by molar-refractivity contribution is 5.61. The molecule has 0 amide bonds. The second kappa shape index (κ2) is 4.97. The minimum absolute atomic E-state index is 0.114. The Labute approximate surface area is 109 Å². The maximum atomic E-state index is 12.3. The van der Waals surface area contributed by atoms with Gasteiger partial charge >= 0.3 is 0 Å². The van der Waals surface area contributed by atoms with Gasteiger partial charge in [0.1, 0.15) is 0 Å². The lowest BCUT2D eigenvalue weighted by Gasteiger charge is -2.27. The normalized spacial score (nSPS) is 11.9. The zero-order valence-electron chi connectivity index (χ0n) is 11.6. The van der Waals surface area contributed by atoms with E-state index in [0.29, 0.717) is 11.8 Å². The molecule has 0 radical (unpaired) electrons. The van der Waals surface area contributed by atoms with E-state index >= 15 is 0 Å². The van der Waals surface area contributed by atoms with Crippen molar-refractivity contribution >= 4 is 0 Å². The van der Waals surface area contributed by atoms with Crippen LogP contribution in [0.15, 0.2) is 41.2 Å². The van der Waals surface area contributed by atoms with E-state index in [4.69, 9.17) is 0 Å². The van der Waals surface area contributed by atoms with Crippen molar-refractivity contribution in [2.45, 2.75) is 33.7 Å². The summed E-state index contributed by atoms with van der Waals surface area (Å²) in [7, 11) is 0. The Kier molecular flexibility index (Phi) is 3.55. The molecule has 2 nitrogen and oxygen atoms in total.